The van der Waals surface area contributed by atoms with E-state index in [0.29, 0.717) is 0 Å². The predicted octanol–water partition coefficient (Wildman–Crippen LogP) is 3.85. The third kappa shape index (κ3) is 3.42. The van der Waals surface area contributed by atoms with Crippen LogP contribution in [-0.2, 0) is 0 Å². The Morgan fingerprint density at radius 2 is 1.00 bits per heavy atom. The lowest BCUT2D eigenvalue weighted by atomic mass is 10.4. The van der Waals surface area contributed by atoms with E-state index < -0.39 is 7.05 Å². The Morgan fingerprint density at radius 3 is 1.28 bits per heavy atom. The van der Waals surface area contributed by atoms with Gasteiger partial charge in [0.15, 0.2) is 0 Å². The first-order chi connectivity index (χ1) is 12.1. The smallest absolute Gasteiger partial charge is 0.329 e. The standard InChI is InChI=1S/C21H21N2OP/c1-23(2)21(24)22-25(18-12-6-3-7-13-18,19-14-8-4-9-15-19)20-16-10-5-11-17-20/h3-17H,1-2H3. The van der Waals surface area contributed by atoms with Gasteiger partial charge >= 0.3 is 6.03 Å². The van der Waals surface area contributed by atoms with Gasteiger partial charge in [0.05, 0.1) is 7.05 Å². The van der Waals surface area contributed by atoms with Crippen molar-refractivity contribution >= 4 is 29.0 Å². The van der Waals surface area contributed by atoms with Gasteiger partial charge in [-0.1, -0.05) is 91.0 Å². The van der Waals surface area contributed by atoms with Gasteiger partial charge in [-0.2, -0.15) is 4.74 Å². The average molecular weight is 348 g/mol. The van der Waals surface area contributed by atoms with E-state index in [1.54, 1.807) is 14.1 Å². The molecule has 3 rings (SSSR count). The van der Waals surface area contributed by atoms with Gasteiger partial charge in [-0.15, -0.1) is 0 Å². The lowest BCUT2D eigenvalue weighted by molar-refractivity contribution is 0.227. The van der Waals surface area contributed by atoms with Gasteiger partial charge in [-0.3, -0.25) is 0 Å². The summed E-state index contributed by atoms with van der Waals surface area (Å²) in [6.07, 6.45) is 0. The van der Waals surface area contributed by atoms with Crippen LogP contribution in [-0.4, -0.2) is 25.0 Å². The number of urea groups is 1. The Labute approximate surface area is 149 Å². The molecule has 0 aliphatic carbocycles. The molecular formula is C21H21N2OP. The first-order valence-electron chi connectivity index (χ1n) is 8.15. The molecule has 126 valence electrons. The Balaban J connectivity index is 2.43. The maximum Gasteiger partial charge on any atom is 0.342 e. The molecular weight excluding hydrogens is 327 g/mol. The number of hydrogen-bond donors (Lipinski definition) is 0. The summed E-state index contributed by atoms with van der Waals surface area (Å²) >= 11 is 0. The number of amides is 2. The van der Waals surface area contributed by atoms with E-state index in [2.05, 4.69) is 36.4 Å². The monoisotopic (exact) mass is 348 g/mol. The van der Waals surface area contributed by atoms with E-state index in [1.807, 2.05) is 54.6 Å². The lowest BCUT2D eigenvalue weighted by Gasteiger charge is -2.27. The Bertz CT molecular complexity index is 788. The predicted molar refractivity (Wildman–Crippen MR) is 107 cm³/mol. The quantitative estimate of drug-likeness (QED) is 0.662. The van der Waals surface area contributed by atoms with Crippen LogP contribution in [0, 0.1) is 0 Å². The van der Waals surface area contributed by atoms with Crippen LogP contribution >= 0.6 is 7.05 Å². The highest BCUT2D eigenvalue weighted by Crippen LogP contribution is 2.46. The maximum absolute atomic E-state index is 12.7. The summed E-state index contributed by atoms with van der Waals surface area (Å²) in [4.78, 5) is 14.2. The van der Waals surface area contributed by atoms with Crippen molar-refractivity contribution in [2.45, 2.75) is 0 Å². The Morgan fingerprint density at radius 1 is 0.680 bits per heavy atom. The molecule has 0 unspecified atom stereocenters. The molecule has 3 nitrogen and oxygen atoms in total. The van der Waals surface area contributed by atoms with Crippen molar-refractivity contribution in [1.82, 2.24) is 4.90 Å². The molecule has 0 fully saturated rings. The molecule has 0 atom stereocenters. The van der Waals surface area contributed by atoms with E-state index >= 15 is 0 Å². The summed E-state index contributed by atoms with van der Waals surface area (Å²) in [5.74, 6) is 0. The highest BCUT2D eigenvalue weighted by Gasteiger charge is 2.28. The van der Waals surface area contributed by atoms with Crippen LogP contribution in [0.15, 0.2) is 95.7 Å². The maximum atomic E-state index is 12.7. The van der Waals surface area contributed by atoms with E-state index in [9.17, 15) is 4.79 Å². The SMILES string of the molecule is CN(C)C(=O)N=P(c1ccccc1)(c1ccccc1)c1ccccc1. The fourth-order valence-electron chi connectivity index (χ4n) is 2.77. The number of carbonyl (C=O) groups excluding carboxylic acids is 1. The summed E-state index contributed by atoms with van der Waals surface area (Å²) in [5.41, 5.74) is 0. The summed E-state index contributed by atoms with van der Waals surface area (Å²) < 4.78 is 4.82. The normalized spacial score (nSPS) is 11.0. The van der Waals surface area contributed by atoms with Crippen LogP contribution in [0.4, 0.5) is 4.79 Å². The van der Waals surface area contributed by atoms with Crippen molar-refractivity contribution in [2.75, 3.05) is 14.1 Å². The second-order valence-electron chi connectivity index (χ2n) is 5.92. The first-order valence-corrected chi connectivity index (χ1v) is 9.89. The molecule has 0 N–H and O–H groups in total. The molecule has 0 aromatic heterocycles. The number of hydrogen-bond acceptors (Lipinski definition) is 1. The molecule has 2 amide bonds. The molecule has 25 heavy (non-hydrogen) atoms. The summed E-state index contributed by atoms with van der Waals surface area (Å²) in [6, 6.07) is 30.2. The van der Waals surface area contributed by atoms with E-state index in [0.717, 1.165) is 15.9 Å². The minimum atomic E-state index is -2.43. The zero-order valence-electron chi connectivity index (χ0n) is 14.4. The van der Waals surface area contributed by atoms with Gasteiger partial charge < -0.3 is 4.90 Å². The number of carbonyl (C=O) groups is 1. The van der Waals surface area contributed by atoms with Gasteiger partial charge in [0, 0.05) is 30.0 Å². The molecule has 0 saturated carbocycles. The number of benzene rings is 3. The molecule has 0 aliphatic rings. The summed E-state index contributed by atoms with van der Waals surface area (Å²) in [5, 5.41) is 3.22. The topological polar surface area (TPSA) is 32.7 Å². The minimum Gasteiger partial charge on any atom is -0.329 e. The molecule has 0 saturated heterocycles. The molecule has 4 heteroatoms. The Kier molecular flexibility index (Phi) is 5.16. The minimum absolute atomic E-state index is 0.218. The Hall–Kier alpha value is -2.64. The molecule has 3 aromatic rings. The highest BCUT2D eigenvalue weighted by molar-refractivity contribution is 7.87. The van der Waals surface area contributed by atoms with Crippen molar-refractivity contribution in [1.29, 1.82) is 0 Å². The van der Waals surface area contributed by atoms with Gasteiger partial charge in [0.2, 0.25) is 0 Å². The number of nitrogens with zero attached hydrogens (tertiary/aromatic N) is 2. The van der Waals surface area contributed by atoms with Crippen LogP contribution < -0.4 is 15.9 Å². The summed E-state index contributed by atoms with van der Waals surface area (Å²) in [6.45, 7) is 0. The van der Waals surface area contributed by atoms with E-state index in [-0.39, 0.29) is 6.03 Å². The van der Waals surface area contributed by atoms with Crippen LogP contribution in [0.5, 0.6) is 0 Å². The van der Waals surface area contributed by atoms with E-state index in [1.165, 1.54) is 4.90 Å². The second-order valence-corrected chi connectivity index (χ2v) is 8.94. The molecule has 0 bridgehead atoms. The molecule has 0 spiro atoms. The molecule has 0 heterocycles. The average Bonchev–Trinajstić information content (AvgIpc) is 2.68. The van der Waals surface area contributed by atoms with Crippen molar-refractivity contribution in [3.8, 4) is 0 Å². The van der Waals surface area contributed by atoms with Gasteiger partial charge in [0.1, 0.15) is 0 Å². The van der Waals surface area contributed by atoms with Crippen LogP contribution in [0.25, 0.3) is 0 Å². The largest absolute Gasteiger partial charge is 0.342 e. The van der Waals surface area contributed by atoms with Crippen molar-refractivity contribution in [3.05, 3.63) is 91.0 Å². The fraction of sp³-hybridized carbons (Fsp3) is 0.0952. The zero-order valence-corrected chi connectivity index (χ0v) is 15.3. The zero-order chi connectivity index (χ0) is 17.7. The third-order valence-corrected chi connectivity index (χ3v) is 7.62. The van der Waals surface area contributed by atoms with Gasteiger partial charge in [-0.25, -0.2) is 4.79 Å². The molecule has 3 aromatic carbocycles. The van der Waals surface area contributed by atoms with Crippen molar-refractivity contribution in [3.63, 3.8) is 0 Å². The lowest BCUT2D eigenvalue weighted by Crippen LogP contribution is -2.28. The molecule has 0 radical (unpaired) electrons. The summed E-state index contributed by atoms with van der Waals surface area (Å²) in [7, 11) is 1.05. The van der Waals surface area contributed by atoms with Crippen LogP contribution in [0.3, 0.4) is 0 Å². The van der Waals surface area contributed by atoms with Gasteiger partial charge in [-0.05, 0) is 0 Å². The number of rotatable bonds is 3. The van der Waals surface area contributed by atoms with Crippen LogP contribution in [0.2, 0.25) is 0 Å². The fourth-order valence-corrected chi connectivity index (χ4v) is 6.26. The molecule has 0 aliphatic heterocycles. The third-order valence-electron chi connectivity index (χ3n) is 4.01. The first kappa shape index (κ1) is 17.2. The van der Waals surface area contributed by atoms with Crippen molar-refractivity contribution < 1.29 is 4.79 Å². The van der Waals surface area contributed by atoms with Crippen LogP contribution in [0.1, 0.15) is 0 Å². The van der Waals surface area contributed by atoms with Gasteiger partial charge in [0.25, 0.3) is 0 Å². The highest BCUT2D eigenvalue weighted by atomic mass is 31.2. The van der Waals surface area contributed by atoms with E-state index in [4.69, 9.17) is 4.74 Å². The van der Waals surface area contributed by atoms with Crippen molar-refractivity contribution in [2.24, 2.45) is 4.74 Å². The second kappa shape index (κ2) is 7.50.